The van der Waals surface area contributed by atoms with E-state index in [-0.39, 0.29) is 28.8 Å². The molecule has 1 fully saturated rings. The number of ether oxygens (including phenoxy) is 2. The average molecular weight is 750 g/mol. The maximum absolute atomic E-state index is 14.5. The number of fused-ring (bicyclic) bond motifs is 2. The van der Waals surface area contributed by atoms with Crippen molar-refractivity contribution in [3.8, 4) is 5.75 Å². The molecule has 2 bridgehead atoms. The monoisotopic (exact) mass is 749 g/mol. The summed E-state index contributed by atoms with van der Waals surface area (Å²) in [5.41, 5.74) is 2.45. The molecule has 3 aromatic rings. The number of aryl methyl sites for hydroxylation is 2. The van der Waals surface area contributed by atoms with Crippen LogP contribution in [0.25, 0.3) is 0 Å². The number of aromatic nitrogens is 2. The van der Waals surface area contributed by atoms with E-state index in [2.05, 4.69) is 44.2 Å². The number of nitrogens with zero attached hydrogens (tertiary/aromatic N) is 4. The zero-order valence-corrected chi connectivity index (χ0v) is 32.3. The van der Waals surface area contributed by atoms with Gasteiger partial charge in [-0.05, 0) is 98.6 Å². The van der Waals surface area contributed by atoms with Crippen molar-refractivity contribution in [3.63, 3.8) is 0 Å². The fraction of sp³-hybridized carbons (Fsp3) is 0.525. The molecule has 52 heavy (non-hydrogen) atoms. The number of allylic oxidation sites excluding steroid dienone is 1. The minimum Gasteiger partial charge on any atom is -0.491 e. The van der Waals surface area contributed by atoms with E-state index in [1.54, 1.807) is 24.1 Å². The molecule has 280 valence electrons. The van der Waals surface area contributed by atoms with Crippen LogP contribution in [0.15, 0.2) is 71.4 Å². The molecule has 1 unspecified atom stereocenters. The van der Waals surface area contributed by atoms with E-state index >= 15 is 0 Å². The maximum atomic E-state index is 14.5. The summed E-state index contributed by atoms with van der Waals surface area (Å²) < 4.78 is 35.6. The van der Waals surface area contributed by atoms with Crippen LogP contribution in [0, 0.1) is 23.2 Å². The predicted octanol–water partition coefficient (Wildman–Crippen LogP) is 7.76. The van der Waals surface area contributed by atoms with Gasteiger partial charge in [-0.25, -0.2) is 4.21 Å². The quantitative estimate of drug-likeness (QED) is 0.223. The van der Waals surface area contributed by atoms with E-state index in [1.807, 2.05) is 44.2 Å². The normalized spacial score (nSPS) is 28.4. The van der Waals surface area contributed by atoms with Gasteiger partial charge in [0.15, 0.2) is 0 Å². The van der Waals surface area contributed by atoms with Gasteiger partial charge in [0.25, 0.3) is 11.8 Å². The molecule has 1 aliphatic carbocycles. The lowest BCUT2D eigenvalue weighted by molar-refractivity contribution is 0.0128. The fourth-order valence-electron chi connectivity index (χ4n) is 7.75. The van der Waals surface area contributed by atoms with Gasteiger partial charge in [0, 0.05) is 48.9 Å². The SMILES string of the molecule is CCCn1cc(C(=O)NS2(=O)=NC(=O)c3ccc4c(c3)N(C[C@@H]3CC[C@H]3[C@@H](OC)/C=C/C[C@H](C)C2)C[C@@](C)(CCCc2cccc(Cl)c2)CO4)cn1. The van der Waals surface area contributed by atoms with Gasteiger partial charge in [-0.2, -0.15) is 5.10 Å². The molecular formula is C40H52ClN5O5S. The van der Waals surface area contributed by atoms with Crippen molar-refractivity contribution >= 4 is 39.0 Å². The largest absolute Gasteiger partial charge is 0.491 e. The number of carbonyl (C=O) groups excluding carboxylic acids is 2. The number of nitrogens with one attached hydrogen (secondary N) is 1. The minimum atomic E-state index is -3.52. The van der Waals surface area contributed by atoms with E-state index in [4.69, 9.17) is 21.1 Å². The van der Waals surface area contributed by atoms with E-state index in [0.29, 0.717) is 42.7 Å². The van der Waals surface area contributed by atoms with Crippen molar-refractivity contribution < 1.29 is 23.3 Å². The first-order chi connectivity index (χ1) is 25.0. The Morgan fingerprint density at radius 1 is 1.21 bits per heavy atom. The molecule has 1 saturated carbocycles. The third-order valence-corrected chi connectivity index (χ3v) is 12.9. The van der Waals surface area contributed by atoms with Crippen LogP contribution in [0.1, 0.15) is 85.6 Å². The smallest absolute Gasteiger partial charge is 0.286 e. The Hall–Kier alpha value is -3.67. The van der Waals surface area contributed by atoms with Crippen LogP contribution in [0.5, 0.6) is 5.75 Å². The second-order valence-corrected chi connectivity index (χ2v) is 17.7. The second kappa shape index (κ2) is 16.6. The number of anilines is 1. The van der Waals surface area contributed by atoms with Crippen molar-refractivity contribution in [1.82, 2.24) is 14.5 Å². The third-order valence-electron chi connectivity index (χ3n) is 10.7. The molecule has 2 aromatic carbocycles. The lowest BCUT2D eigenvalue weighted by Gasteiger charge is -2.44. The third kappa shape index (κ3) is 9.27. The Morgan fingerprint density at radius 3 is 2.81 bits per heavy atom. The fourth-order valence-corrected chi connectivity index (χ4v) is 9.85. The van der Waals surface area contributed by atoms with Crippen molar-refractivity contribution in [2.45, 2.75) is 78.4 Å². The molecule has 10 nitrogen and oxygen atoms in total. The summed E-state index contributed by atoms with van der Waals surface area (Å²) in [6, 6.07) is 13.4. The first kappa shape index (κ1) is 38.1. The van der Waals surface area contributed by atoms with Crippen LogP contribution in [0.3, 0.4) is 0 Å². The Morgan fingerprint density at radius 2 is 2.06 bits per heavy atom. The van der Waals surface area contributed by atoms with E-state index in [0.717, 1.165) is 62.3 Å². The number of amides is 2. The lowest BCUT2D eigenvalue weighted by Crippen LogP contribution is -2.46. The van der Waals surface area contributed by atoms with Gasteiger partial charge in [-0.1, -0.05) is 56.7 Å². The molecule has 2 aliphatic heterocycles. The van der Waals surface area contributed by atoms with Crippen molar-refractivity contribution in [1.29, 1.82) is 0 Å². The van der Waals surface area contributed by atoms with Crippen molar-refractivity contribution in [2.75, 3.05) is 37.5 Å². The highest BCUT2D eigenvalue weighted by atomic mass is 35.5. The number of hydrogen-bond acceptors (Lipinski definition) is 7. The minimum absolute atomic E-state index is 0.00926. The Balaban J connectivity index is 1.32. The lowest BCUT2D eigenvalue weighted by atomic mass is 9.70. The second-order valence-electron chi connectivity index (χ2n) is 15.2. The summed E-state index contributed by atoms with van der Waals surface area (Å²) in [5, 5.41) is 4.99. The number of rotatable bonds is 9. The molecule has 0 radical (unpaired) electrons. The summed E-state index contributed by atoms with van der Waals surface area (Å²) >= 11 is 6.26. The Kier molecular flexibility index (Phi) is 12.1. The van der Waals surface area contributed by atoms with Crippen molar-refractivity contribution in [2.24, 2.45) is 27.5 Å². The van der Waals surface area contributed by atoms with Gasteiger partial charge < -0.3 is 14.4 Å². The molecule has 2 amide bonds. The van der Waals surface area contributed by atoms with Gasteiger partial charge in [-0.15, -0.1) is 4.36 Å². The number of benzene rings is 2. The Bertz CT molecular complexity index is 1900. The molecule has 6 rings (SSSR count). The molecular weight excluding hydrogens is 698 g/mol. The van der Waals surface area contributed by atoms with Crippen molar-refractivity contribution in [3.05, 3.63) is 88.7 Å². The number of hydrogen-bond donors (Lipinski definition) is 1. The number of carbonyl (C=O) groups is 2. The average Bonchev–Trinajstić information content (AvgIpc) is 3.51. The summed E-state index contributed by atoms with van der Waals surface area (Å²) in [7, 11) is -1.75. The first-order valence-corrected chi connectivity index (χ1v) is 20.6. The summed E-state index contributed by atoms with van der Waals surface area (Å²) in [4.78, 5) is 29.7. The Labute approximate surface area is 313 Å². The van der Waals surface area contributed by atoms with E-state index < -0.39 is 21.7 Å². The van der Waals surface area contributed by atoms with Crippen LogP contribution in [0.4, 0.5) is 5.69 Å². The van der Waals surface area contributed by atoms with Gasteiger partial charge >= 0.3 is 0 Å². The summed E-state index contributed by atoms with van der Waals surface area (Å²) in [5.74, 6) is 0.117. The van der Waals surface area contributed by atoms with Crippen LogP contribution in [-0.4, -0.2) is 64.5 Å². The van der Waals surface area contributed by atoms with Gasteiger partial charge in [0.2, 0.25) is 0 Å². The highest BCUT2D eigenvalue weighted by Gasteiger charge is 2.40. The van der Waals surface area contributed by atoms with Crippen LogP contribution in [0.2, 0.25) is 5.02 Å². The predicted molar refractivity (Wildman–Crippen MR) is 206 cm³/mol. The van der Waals surface area contributed by atoms with Crippen LogP contribution >= 0.6 is 11.6 Å². The topological polar surface area (TPSA) is 115 Å². The molecule has 3 aliphatic rings. The molecule has 0 saturated heterocycles. The van der Waals surface area contributed by atoms with E-state index in [1.165, 1.54) is 11.8 Å². The van der Waals surface area contributed by atoms with Gasteiger partial charge in [0.05, 0.1) is 35.9 Å². The van der Waals surface area contributed by atoms with Gasteiger partial charge in [0.1, 0.15) is 15.7 Å². The molecule has 0 spiro atoms. The summed E-state index contributed by atoms with van der Waals surface area (Å²) in [6.45, 7) is 8.98. The molecule has 1 N–H and O–H groups in total. The maximum Gasteiger partial charge on any atom is 0.286 e. The standard InChI is InChI=1S/C40H52ClN5O5S/c1-5-19-46-24-32(22-42-46)39(48)44-52(49)25-28(2)9-6-13-36(50-4)34-16-14-31(34)23-45-26-40(3,18-8-11-29-10-7-12-33(41)20-29)27-51-37-17-15-30(21-35(37)45)38(47)43-52/h6-7,10,12-13,15,17,20-22,24,28,31,34,36H,5,8-9,11,14,16,18-19,23,25-27H2,1-4H3,(H,43,44,47,48,49)/b13-6+/t28-,31-,34+,36-,40+,52?/m0/s1. The van der Waals surface area contributed by atoms with Crippen LogP contribution < -0.4 is 14.4 Å². The highest BCUT2D eigenvalue weighted by Crippen LogP contribution is 2.44. The highest BCUT2D eigenvalue weighted by molar-refractivity contribution is 7.92. The van der Waals surface area contributed by atoms with E-state index in [9.17, 15) is 13.8 Å². The molecule has 12 heteroatoms. The van der Waals surface area contributed by atoms with Crippen LogP contribution in [-0.2, 0) is 27.6 Å². The zero-order valence-electron chi connectivity index (χ0n) is 30.8. The first-order valence-electron chi connectivity index (χ1n) is 18.6. The molecule has 6 atom stereocenters. The number of methoxy groups -OCH3 is 1. The molecule has 1 aromatic heterocycles. The number of halogens is 1. The van der Waals surface area contributed by atoms with Gasteiger partial charge in [-0.3, -0.25) is 19.0 Å². The zero-order chi connectivity index (χ0) is 36.9. The molecule has 3 heterocycles. The summed E-state index contributed by atoms with van der Waals surface area (Å²) in [6.07, 6.45) is 13.7.